The molecule has 0 amide bonds. The maximum absolute atomic E-state index is 11.5. The first-order valence-corrected chi connectivity index (χ1v) is 9.88. The summed E-state index contributed by atoms with van der Waals surface area (Å²) < 4.78 is 7.13. The summed E-state index contributed by atoms with van der Waals surface area (Å²) in [5, 5.41) is 13.8. The summed E-state index contributed by atoms with van der Waals surface area (Å²) in [5.74, 6) is 0.342. The normalized spacial score (nSPS) is 17.6. The van der Waals surface area contributed by atoms with E-state index in [1.807, 2.05) is 13.8 Å². The second kappa shape index (κ2) is 8.16. The Morgan fingerprint density at radius 3 is 2.86 bits per heavy atom. The zero-order valence-electron chi connectivity index (χ0n) is 16.6. The Morgan fingerprint density at radius 2 is 2.24 bits per heavy atom. The monoisotopic (exact) mass is 416 g/mol. The molecule has 3 heterocycles. The quantitative estimate of drug-likeness (QED) is 0.670. The second-order valence-corrected chi connectivity index (χ2v) is 7.99. The zero-order valence-corrected chi connectivity index (χ0v) is 17.4. The van der Waals surface area contributed by atoms with E-state index in [9.17, 15) is 9.90 Å². The number of carboxylic acids is 1. The van der Waals surface area contributed by atoms with Crippen LogP contribution in [-0.2, 0) is 17.8 Å². The molecular weight excluding hydrogens is 392 g/mol. The molecule has 0 aromatic carbocycles. The molecule has 0 fully saturated rings. The van der Waals surface area contributed by atoms with Crippen LogP contribution in [0.3, 0.4) is 0 Å². The van der Waals surface area contributed by atoms with Crippen LogP contribution in [0.25, 0.3) is 0 Å². The average molecular weight is 417 g/mol. The molecule has 0 saturated heterocycles. The van der Waals surface area contributed by atoms with Gasteiger partial charge < -0.3 is 21.3 Å². The highest BCUT2D eigenvalue weighted by Gasteiger charge is 2.31. The molecule has 1 aliphatic rings. The van der Waals surface area contributed by atoms with Crippen molar-refractivity contribution in [1.29, 1.82) is 0 Å². The van der Waals surface area contributed by atoms with Gasteiger partial charge in [-0.05, 0) is 26.7 Å². The minimum atomic E-state index is -0.909. The molecule has 1 aliphatic heterocycles. The van der Waals surface area contributed by atoms with Gasteiger partial charge in [-0.1, -0.05) is 18.3 Å². The van der Waals surface area contributed by atoms with Crippen molar-refractivity contribution in [3.63, 3.8) is 0 Å². The van der Waals surface area contributed by atoms with E-state index in [4.69, 9.17) is 16.2 Å². The van der Waals surface area contributed by atoms with Gasteiger partial charge in [0.25, 0.3) is 0 Å². The average Bonchev–Trinajstić information content (AvgIpc) is 2.83. The number of carboxylic acid groups (broad SMARTS) is 1. The molecule has 3 rings (SSSR count). The van der Waals surface area contributed by atoms with Gasteiger partial charge in [0.15, 0.2) is 0 Å². The number of pyridine rings is 1. The summed E-state index contributed by atoms with van der Waals surface area (Å²) in [6, 6.07) is 0. The molecule has 2 aromatic rings. The number of methoxy groups -OCH3 is 1. The number of thioether (sulfide) groups is 1. The van der Waals surface area contributed by atoms with Crippen LogP contribution in [0.15, 0.2) is 23.6 Å². The number of nitrogen functional groups attached to an aromatic ring is 1. The van der Waals surface area contributed by atoms with Crippen molar-refractivity contribution in [3.8, 4) is 5.75 Å². The summed E-state index contributed by atoms with van der Waals surface area (Å²) in [7, 11) is 1.63. The Hall–Kier alpha value is -3.01. The van der Waals surface area contributed by atoms with Crippen molar-refractivity contribution in [1.82, 2.24) is 14.8 Å². The van der Waals surface area contributed by atoms with E-state index in [1.54, 1.807) is 18.0 Å². The maximum Gasteiger partial charge on any atom is 0.317 e. The highest BCUT2D eigenvalue weighted by Crippen LogP contribution is 2.34. The minimum Gasteiger partial charge on any atom is -0.496 e. The van der Waals surface area contributed by atoms with Gasteiger partial charge in [0.2, 0.25) is 0 Å². The molecule has 1 unspecified atom stereocenters. The zero-order chi connectivity index (χ0) is 21.3. The fourth-order valence-corrected chi connectivity index (χ4v) is 4.45. The molecule has 10 heteroatoms. The van der Waals surface area contributed by atoms with Crippen molar-refractivity contribution < 1.29 is 14.6 Å². The van der Waals surface area contributed by atoms with Crippen molar-refractivity contribution in [2.75, 3.05) is 12.8 Å². The number of rotatable bonds is 5. The maximum atomic E-state index is 11.5. The lowest BCUT2D eigenvalue weighted by Crippen LogP contribution is -2.18. The second-order valence-electron chi connectivity index (χ2n) is 6.80. The van der Waals surface area contributed by atoms with Crippen LogP contribution in [0.4, 0.5) is 5.82 Å². The van der Waals surface area contributed by atoms with E-state index < -0.39 is 11.2 Å². The first-order chi connectivity index (χ1) is 13.7. The summed E-state index contributed by atoms with van der Waals surface area (Å²) in [6.07, 6.45) is 2.63. The van der Waals surface area contributed by atoms with Crippen LogP contribution >= 0.6 is 11.8 Å². The highest BCUT2D eigenvalue weighted by molar-refractivity contribution is 8.15. The molecule has 154 valence electrons. The third-order valence-electron chi connectivity index (χ3n) is 4.75. The van der Waals surface area contributed by atoms with E-state index in [-0.39, 0.29) is 5.82 Å². The van der Waals surface area contributed by atoms with Crippen molar-refractivity contribution in [2.45, 2.75) is 38.5 Å². The Kier molecular flexibility index (Phi) is 5.83. The highest BCUT2D eigenvalue weighted by atomic mass is 32.2. The standard InChI is InChI=1S/C19H24N6O3S/c1-9-7-22-13(10(2)16(9)28-4)8-25-17(21)15-12(24-25)5-6-14(19(26)27)29-18(15)23-11(3)20/h7,14H,3,5-6,8,20-21H2,1-2,4H3,(H,26,27). The first kappa shape index (κ1) is 20.7. The number of ether oxygens (including phenoxy) is 1. The number of aliphatic carboxylic acids is 1. The topological polar surface area (TPSA) is 142 Å². The Labute approximate surface area is 172 Å². The van der Waals surface area contributed by atoms with Crippen LogP contribution in [-0.4, -0.2) is 43.2 Å². The van der Waals surface area contributed by atoms with Gasteiger partial charge in [0, 0.05) is 17.3 Å². The number of anilines is 1. The fourth-order valence-electron chi connectivity index (χ4n) is 3.33. The number of nitrogens with two attached hydrogens (primary N) is 2. The molecule has 29 heavy (non-hydrogen) atoms. The number of hydrogen-bond acceptors (Lipinski definition) is 8. The van der Waals surface area contributed by atoms with Crippen LogP contribution < -0.4 is 16.2 Å². The SMILES string of the molecule is C=C(N)N=C1SC(C(=O)O)CCc2nn(Cc3ncc(C)c(OC)c3C)c(N)c21. The molecule has 0 spiro atoms. The summed E-state index contributed by atoms with van der Waals surface area (Å²) in [6.45, 7) is 7.83. The lowest BCUT2D eigenvalue weighted by Gasteiger charge is -2.13. The predicted octanol–water partition coefficient (Wildman–Crippen LogP) is 1.84. The molecular formula is C19H24N6O3S. The van der Waals surface area contributed by atoms with E-state index in [1.165, 1.54) is 0 Å². The minimum absolute atomic E-state index is 0.0809. The van der Waals surface area contributed by atoms with Gasteiger partial charge in [-0.25, -0.2) is 9.67 Å². The molecule has 0 radical (unpaired) electrons. The van der Waals surface area contributed by atoms with Gasteiger partial charge in [-0.15, -0.1) is 0 Å². The number of nitrogens with zero attached hydrogens (tertiary/aromatic N) is 4. The number of fused-ring (bicyclic) bond motifs is 1. The third-order valence-corrected chi connectivity index (χ3v) is 5.99. The first-order valence-electron chi connectivity index (χ1n) is 9.00. The molecule has 0 saturated carbocycles. The van der Waals surface area contributed by atoms with E-state index in [0.717, 1.165) is 34.3 Å². The number of hydrogen-bond donors (Lipinski definition) is 3. The van der Waals surface area contributed by atoms with Crippen molar-refractivity contribution in [3.05, 3.63) is 46.7 Å². The van der Waals surface area contributed by atoms with Crippen molar-refractivity contribution >= 4 is 28.6 Å². The van der Waals surface area contributed by atoms with Gasteiger partial charge >= 0.3 is 5.97 Å². The van der Waals surface area contributed by atoms with Gasteiger partial charge in [0.1, 0.15) is 27.7 Å². The molecule has 9 nitrogen and oxygen atoms in total. The molecule has 5 N–H and O–H groups in total. The summed E-state index contributed by atoms with van der Waals surface area (Å²) >= 11 is 1.12. The van der Waals surface area contributed by atoms with Crippen molar-refractivity contribution in [2.24, 2.45) is 10.7 Å². The Balaban J connectivity index is 2.04. The van der Waals surface area contributed by atoms with E-state index in [0.29, 0.717) is 41.5 Å². The van der Waals surface area contributed by atoms with Gasteiger partial charge in [0.05, 0.1) is 30.6 Å². The molecule has 2 aromatic heterocycles. The summed E-state index contributed by atoms with van der Waals surface area (Å²) in [4.78, 5) is 20.3. The Morgan fingerprint density at radius 1 is 1.52 bits per heavy atom. The molecule has 1 atom stereocenters. The number of aliphatic imine (C=N–C) groups is 1. The number of carbonyl (C=O) groups is 1. The molecule has 0 aliphatic carbocycles. The van der Waals surface area contributed by atoms with Crippen LogP contribution in [0, 0.1) is 13.8 Å². The van der Waals surface area contributed by atoms with Crippen LogP contribution in [0.1, 0.15) is 34.5 Å². The molecule has 0 bridgehead atoms. The van der Waals surface area contributed by atoms with Gasteiger partial charge in [-0.3, -0.25) is 9.78 Å². The van der Waals surface area contributed by atoms with Gasteiger partial charge in [-0.2, -0.15) is 5.10 Å². The largest absolute Gasteiger partial charge is 0.496 e. The van der Waals surface area contributed by atoms with E-state index >= 15 is 0 Å². The third kappa shape index (κ3) is 4.07. The lowest BCUT2D eigenvalue weighted by atomic mass is 10.1. The lowest BCUT2D eigenvalue weighted by molar-refractivity contribution is -0.136. The summed E-state index contributed by atoms with van der Waals surface area (Å²) in [5.41, 5.74) is 16.0. The van der Waals surface area contributed by atoms with E-state index in [2.05, 4.69) is 21.7 Å². The fraction of sp³-hybridized carbons (Fsp3) is 0.368. The number of aromatic nitrogens is 3. The van der Waals surface area contributed by atoms with Crippen LogP contribution in [0.5, 0.6) is 5.75 Å². The van der Waals surface area contributed by atoms with Crippen LogP contribution in [0.2, 0.25) is 0 Å². The number of aryl methyl sites for hydroxylation is 2. The Bertz CT molecular complexity index is 1010. The predicted molar refractivity (Wildman–Crippen MR) is 113 cm³/mol. The smallest absolute Gasteiger partial charge is 0.317 e.